The van der Waals surface area contributed by atoms with Gasteiger partial charge in [-0.05, 0) is 25.3 Å². The van der Waals surface area contributed by atoms with Crippen LogP contribution in [0.3, 0.4) is 0 Å². The third kappa shape index (κ3) is 3.10. The average molecular weight is 276 g/mol. The molecule has 2 amide bonds. The molecule has 0 spiro atoms. The molecule has 0 aliphatic heterocycles. The van der Waals surface area contributed by atoms with E-state index in [1.165, 1.54) is 0 Å². The number of carbonyl (C=O) groups excluding carboxylic acids is 1. The Morgan fingerprint density at radius 1 is 1.35 bits per heavy atom. The number of carboxylic acid groups (broad SMARTS) is 1. The van der Waals surface area contributed by atoms with E-state index in [1.54, 1.807) is 6.92 Å². The molecular formula is C15H20N2O3. The van der Waals surface area contributed by atoms with Crippen molar-refractivity contribution in [2.75, 3.05) is 0 Å². The Labute approximate surface area is 118 Å². The van der Waals surface area contributed by atoms with E-state index in [2.05, 4.69) is 10.6 Å². The number of carbonyl (C=O) groups is 2. The van der Waals surface area contributed by atoms with Gasteiger partial charge < -0.3 is 15.7 Å². The SMILES string of the molecule is CC1(C(=O)O)CCCC1NC(=O)NCc1ccccc1. The molecule has 2 rings (SSSR count). The van der Waals surface area contributed by atoms with E-state index in [-0.39, 0.29) is 12.1 Å². The van der Waals surface area contributed by atoms with E-state index in [9.17, 15) is 14.7 Å². The maximum Gasteiger partial charge on any atom is 0.315 e. The highest BCUT2D eigenvalue weighted by Crippen LogP contribution is 2.38. The highest BCUT2D eigenvalue weighted by molar-refractivity contribution is 5.79. The largest absolute Gasteiger partial charge is 0.481 e. The fraction of sp³-hybridized carbons (Fsp3) is 0.467. The summed E-state index contributed by atoms with van der Waals surface area (Å²) < 4.78 is 0. The molecule has 20 heavy (non-hydrogen) atoms. The molecule has 0 heterocycles. The van der Waals surface area contributed by atoms with Gasteiger partial charge in [-0.3, -0.25) is 4.79 Å². The van der Waals surface area contributed by atoms with Gasteiger partial charge in [-0.2, -0.15) is 0 Å². The van der Waals surface area contributed by atoms with Crippen molar-refractivity contribution in [1.82, 2.24) is 10.6 Å². The highest BCUT2D eigenvalue weighted by Gasteiger charge is 2.45. The minimum atomic E-state index is -0.857. The lowest BCUT2D eigenvalue weighted by Gasteiger charge is -2.27. The zero-order valence-corrected chi connectivity index (χ0v) is 11.6. The number of nitrogens with one attached hydrogen (secondary N) is 2. The van der Waals surface area contributed by atoms with Crippen molar-refractivity contribution in [2.24, 2.45) is 5.41 Å². The highest BCUT2D eigenvalue weighted by atomic mass is 16.4. The lowest BCUT2D eigenvalue weighted by Crippen LogP contribution is -2.50. The van der Waals surface area contributed by atoms with E-state index in [0.717, 1.165) is 12.0 Å². The van der Waals surface area contributed by atoms with Gasteiger partial charge in [0.05, 0.1) is 5.41 Å². The zero-order valence-electron chi connectivity index (χ0n) is 11.6. The van der Waals surface area contributed by atoms with Crippen molar-refractivity contribution in [2.45, 2.75) is 38.8 Å². The van der Waals surface area contributed by atoms with E-state index in [0.29, 0.717) is 19.4 Å². The van der Waals surface area contributed by atoms with Crippen LogP contribution in [0.1, 0.15) is 31.7 Å². The Balaban J connectivity index is 1.87. The lowest BCUT2D eigenvalue weighted by atomic mass is 9.85. The first-order chi connectivity index (χ1) is 9.52. The molecule has 108 valence electrons. The molecule has 1 aromatic carbocycles. The zero-order chi connectivity index (χ0) is 14.6. The second-order valence-electron chi connectivity index (χ2n) is 5.48. The van der Waals surface area contributed by atoms with Crippen LogP contribution in [0.5, 0.6) is 0 Å². The molecule has 3 N–H and O–H groups in total. The van der Waals surface area contributed by atoms with Crippen molar-refractivity contribution in [3.8, 4) is 0 Å². The Kier molecular flexibility index (Phi) is 4.27. The van der Waals surface area contributed by atoms with E-state index in [1.807, 2.05) is 30.3 Å². The van der Waals surface area contributed by atoms with E-state index >= 15 is 0 Å². The molecule has 1 aromatic rings. The van der Waals surface area contributed by atoms with Crippen LogP contribution >= 0.6 is 0 Å². The summed E-state index contributed by atoms with van der Waals surface area (Å²) in [6, 6.07) is 8.97. The molecule has 1 saturated carbocycles. The van der Waals surface area contributed by atoms with Gasteiger partial charge in [0.1, 0.15) is 0 Å². The monoisotopic (exact) mass is 276 g/mol. The molecule has 2 unspecified atom stereocenters. The number of urea groups is 1. The number of carboxylic acids is 1. The molecule has 0 radical (unpaired) electrons. The molecular weight excluding hydrogens is 256 g/mol. The summed E-state index contributed by atoms with van der Waals surface area (Å²) in [4.78, 5) is 23.2. The maximum absolute atomic E-state index is 11.9. The van der Waals surface area contributed by atoms with Crippen molar-refractivity contribution in [1.29, 1.82) is 0 Å². The van der Waals surface area contributed by atoms with E-state index < -0.39 is 11.4 Å². The minimum Gasteiger partial charge on any atom is -0.481 e. The fourth-order valence-electron chi connectivity index (χ4n) is 2.64. The van der Waals surface area contributed by atoms with E-state index in [4.69, 9.17) is 0 Å². The summed E-state index contributed by atoms with van der Waals surface area (Å²) in [5, 5.41) is 14.8. The normalized spacial score (nSPS) is 25.1. The molecule has 0 bridgehead atoms. The van der Waals surface area contributed by atoms with Crippen molar-refractivity contribution in [3.63, 3.8) is 0 Å². The summed E-state index contributed by atoms with van der Waals surface area (Å²) in [7, 11) is 0. The van der Waals surface area contributed by atoms with Gasteiger partial charge in [0.15, 0.2) is 0 Å². The number of benzene rings is 1. The molecule has 1 fully saturated rings. The second-order valence-corrected chi connectivity index (χ2v) is 5.48. The predicted molar refractivity (Wildman–Crippen MR) is 75.2 cm³/mol. The minimum absolute atomic E-state index is 0.309. The van der Waals surface area contributed by atoms with Crippen LogP contribution in [-0.2, 0) is 11.3 Å². The standard InChI is InChI=1S/C15H20N2O3/c1-15(13(18)19)9-5-8-12(15)17-14(20)16-10-11-6-3-2-4-7-11/h2-4,6-7,12H,5,8-10H2,1H3,(H,18,19)(H2,16,17,20). The van der Waals surface area contributed by atoms with Crippen LogP contribution in [0.4, 0.5) is 4.79 Å². The summed E-state index contributed by atoms with van der Waals surface area (Å²) in [5.74, 6) is -0.844. The fourth-order valence-corrected chi connectivity index (χ4v) is 2.64. The third-order valence-electron chi connectivity index (χ3n) is 4.05. The first-order valence-electron chi connectivity index (χ1n) is 6.84. The first-order valence-corrected chi connectivity index (χ1v) is 6.84. The van der Waals surface area contributed by atoms with Gasteiger partial charge in [-0.1, -0.05) is 36.8 Å². The molecule has 2 atom stereocenters. The van der Waals surface area contributed by atoms with Gasteiger partial charge in [-0.15, -0.1) is 0 Å². The van der Waals surface area contributed by atoms with Crippen LogP contribution < -0.4 is 10.6 Å². The molecule has 1 aliphatic rings. The van der Waals surface area contributed by atoms with Crippen LogP contribution in [0.25, 0.3) is 0 Å². The number of amides is 2. The molecule has 1 aliphatic carbocycles. The van der Waals surface area contributed by atoms with Crippen molar-refractivity contribution < 1.29 is 14.7 Å². The van der Waals surface area contributed by atoms with Crippen LogP contribution in [0.15, 0.2) is 30.3 Å². The summed E-state index contributed by atoms with van der Waals surface area (Å²) in [6.07, 6.45) is 2.14. The van der Waals surface area contributed by atoms with Crippen LogP contribution in [0.2, 0.25) is 0 Å². The van der Waals surface area contributed by atoms with Gasteiger partial charge in [0.25, 0.3) is 0 Å². The Morgan fingerprint density at radius 2 is 2.05 bits per heavy atom. The topological polar surface area (TPSA) is 78.4 Å². The van der Waals surface area contributed by atoms with Gasteiger partial charge in [-0.25, -0.2) is 4.79 Å². The molecule has 0 saturated heterocycles. The number of aliphatic carboxylic acids is 1. The molecule has 0 aromatic heterocycles. The van der Waals surface area contributed by atoms with Gasteiger partial charge >= 0.3 is 12.0 Å². The summed E-state index contributed by atoms with van der Waals surface area (Å²) in [5.41, 5.74) is 0.152. The van der Waals surface area contributed by atoms with Gasteiger partial charge in [0.2, 0.25) is 0 Å². The predicted octanol–water partition coefficient (Wildman–Crippen LogP) is 2.13. The summed E-state index contributed by atoms with van der Waals surface area (Å²) in [6.45, 7) is 2.13. The lowest BCUT2D eigenvalue weighted by molar-refractivity contribution is -0.148. The van der Waals surface area contributed by atoms with Crippen LogP contribution in [-0.4, -0.2) is 23.1 Å². The summed E-state index contributed by atoms with van der Waals surface area (Å²) >= 11 is 0. The first kappa shape index (κ1) is 14.4. The third-order valence-corrected chi connectivity index (χ3v) is 4.05. The molecule has 5 nitrogen and oxygen atoms in total. The molecule has 5 heteroatoms. The van der Waals surface area contributed by atoms with Crippen molar-refractivity contribution in [3.05, 3.63) is 35.9 Å². The Hall–Kier alpha value is -2.04. The Bertz CT molecular complexity index is 489. The smallest absolute Gasteiger partial charge is 0.315 e. The number of hydrogen-bond donors (Lipinski definition) is 3. The number of rotatable bonds is 4. The quantitative estimate of drug-likeness (QED) is 0.788. The number of hydrogen-bond acceptors (Lipinski definition) is 2. The maximum atomic E-state index is 11.9. The van der Waals surface area contributed by atoms with Crippen molar-refractivity contribution >= 4 is 12.0 Å². The Morgan fingerprint density at radius 3 is 2.70 bits per heavy atom. The van der Waals surface area contributed by atoms with Crippen LogP contribution in [0, 0.1) is 5.41 Å². The second kappa shape index (κ2) is 5.94. The average Bonchev–Trinajstić information content (AvgIpc) is 2.80. The van der Waals surface area contributed by atoms with Gasteiger partial charge in [0, 0.05) is 12.6 Å².